The number of thioether (sulfide) groups is 1. The van der Waals surface area contributed by atoms with Gasteiger partial charge in [0, 0.05) is 17.8 Å². The topological polar surface area (TPSA) is 12.0 Å². The minimum absolute atomic E-state index is 0.524. The third kappa shape index (κ3) is 5.09. The van der Waals surface area contributed by atoms with E-state index in [4.69, 9.17) is 0 Å². The second-order valence-corrected chi connectivity index (χ2v) is 7.43. The van der Waals surface area contributed by atoms with Crippen molar-refractivity contribution in [1.82, 2.24) is 5.32 Å². The quantitative estimate of drug-likeness (QED) is 0.785. The first-order chi connectivity index (χ1) is 7.43. The number of hydrogen-bond acceptors (Lipinski definition) is 2. The van der Waals surface area contributed by atoms with Gasteiger partial charge in [0.25, 0.3) is 0 Å². The first-order valence-electron chi connectivity index (χ1n) is 6.76. The number of hydrogen-bond donors (Lipinski definition) is 1. The molecule has 1 fully saturated rings. The summed E-state index contributed by atoms with van der Waals surface area (Å²) in [4.78, 5) is 0. The van der Waals surface area contributed by atoms with Crippen molar-refractivity contribution < 1.29 is 0 Å². The van der Waals surface area contributed by atoms with Crippen LogP contribution in [0.4, 0.5) is 0 Å². The molecule has 2 heteroatoms. The van der Waals surface area contributed by atoms with E-state index in [-0.39, 0.29) is 0 Å². The van der Waals surface area contributed by atoms with E-state index in [9.17, 15) is 0 Å². The van der Waals surface area contributed by atoms with Gasteiger partial charge in [-0.3, -0.25) is 0 Å². The Bertz CT molecular complexity index is 203. The Kier molecular flexibility index (Phi) is 5.66. The molecule has 1 heterocycles. The van der Waals surface area contributed by atoms with E-state index in [1.165, 1.54) is 30.8 Å². The molecule has 1 aliphatic heterocycles. The molecule has 1 rings (SSSR count). The van der Waals surface area contributed by atoms with Gasteiger partial charge in [0.05, 0.1) is 0 Å². The zero-order chi connectivity index (χ0) is 12.2. The van der Waals surface area contributed by atoms with Crippen LogP contribution in [0.15, 0.2) is 0 Å². The van der Waals surface area contributed by atoms with Crippen molar-refractivity contribution in [2.45, 2.75) is 66.0 Å². The van der Waals surface area contributed by atoms with Crippen LogP contribution in [0.3, 0.4) is 0 Å². The highest BCUT2D eigenvalue weighted by Gasteiger charge is 2.28. The average Bonchev–Trinajstić information content (AvgIpc) is 2.15. The molecule has 1 saturated heterocycles. The van der Waals surface area contributed by atoms with E-state index < -0.39 is 0 Å². The van der Waals surface area contributed by atoms with Gasteiger partial charge in [-0.05, 0) is 36.9 Å². The van der Waals surface area contributed by atoms with Crippen LogP contribution in [-0.2, 0) is 0 Å². The molecule has 3 atom stereocenters. The van der Waals surface area contributed by atoms with Gasteiger partial charge in [-0.15, -0.1) is 0 Å². The average molecular weight is 243 g/mol. The molecule has 0 aromatic heterocycles. The summed E-state index contributed by atoms with van der Waals surface area (Å²) in [7, 11) is 0. The third-order valence-corrected chi connectivity index (χ3v) is 5.21. The van der Waals surface area contributed by atoms with Crippen LogP contribution in [0.5, 0.6) is 0 Å². The van der Waals surface area contributed by atoms with Crippen LogP contribution in [-0.4, -0.2) is 23.6 Å². The number of nitrogens with one attached hydrogen (secondary N) is 1. The minimum Gasteiger partial charge on any atom is -0.311 e. The molecule has 1 nitrogen and oxygen atoms in total. The van der Waals surface area contributed by atoms with Gasteiger partial charge in [-0.2, -0.15) is 11.8 Å². The van der Waals surface area contributed by atoms with E-state index in [0.717, 1.165) is 12.0 Å². The van der Waals surface area contributed by atoms with Crippen molar-refractivity contribution in [3.05, 3.63) is 0 Å². The second-order valence-electron chi connectivity index (χ2n) is 6.40. The Balaban J connectivity index is 2.30. The largest absolute Gasteiger partial charge is 0.311 e. The summed E-state index contributed by atoms with van der Waals surface area (Å²) in [5.41, 5.74) is 0.524. The van der Waals surface area contributed by atoms with Crippen LogP contribution in [0.25, 0.3) is 0 Å². The molecule has 16 heavy (non-hydrogen) atoms. The summed E-state index contributed by atoms with van der Waals surface area (Å²) in [6.45, 7) is 11.8. The first-order valence-corrected chi connectivity index (χ1v) is 7.92. The minimum atomic E-state index is 0.524. The van der Waals surface area contributed by atoms with E-state index >= 15 is 0 Å². The van der Waals surface area contributed by atoms with Gasteiger partial charge in [0.1, 0.15) is 0 Å². The SMILES string of the molecule is CCC(C)CC(C)NC1CSCC(C)(C)C1. The first kappa shape index (κ1) is 14.4. The Morgan fingerprint density at radius 3 is 2.62 bits per heavy atom. The monoisotopic (exact) mass is 243 g/mol. The molecule has 0 radical (unpaired) electrons. The molecule has 0 bridgehead atoms. The molecule has 0 saturated carbocycles. The fraction of sp³-hybridized carbons (Fsp3) is 1.00. The molecule has 3 unspecified atom stereocenters. The van der Waals surface area contributed by atoms with Gasteiger partial charge in [0.15, 0.2) is 0 Å². The lowest BCUT2D eigenvalue weighted by Crippen LogP contribution is -2.44. The fourth-order valence-corrected chi connectivity index (χ4v) is 3.90. The smallest absolute Gasteiger partial charge is 0.0166 e. The maximum Gasteiger partial charge on any atom is 0.0166 e. The summed E-state index contributed by atoms with van der Waals surface area (Å²) in [5.74, 6) is 3.48. The molecule has 0 spiro atoms. The predicted octanol–water partition coefficient (Wildman–Crippen LogP) is 3.93. The van der Waals surface area contributed by atoms with Crippen LogP contribution < -0.4 is 5.32 Å². The third-order valence-electron chi connectivity index (χ3n) is 3.58. The summed E-state index contributed by atoms with van der Waals surface area (Å²) in [6, 6.07) is 1.40. The van der Waals surface area contributed by atoms with Gasteiger partial charge >= 0.3 is 0 Å². The zero-order valence-corrected chi connectivity index (χ0v) is 12.5. The summed E-state index contributed by atoms with van der Waals surface area (Å²) >= 11 is 2.11. The molecular formula is C14H29NS. The van der Waals surface area contributed by atoms with Crippen molar-refractivity contribution in [2.75, 3.05) is 11.5 Å². The van der Waals surface area contributed by atoms with Crippen LogP contribution in [0, 0.1) is 11.3 Å². The van der Waals surface area contributed by atoms with Crippen LogP contribution >= 0.6 is 11.8 Å². The molecular weight excluding hydrogens is 214 g/mol. The molecule has 0 aromatic rings. The predicted molar refractivity (Wildman–Crippen MR) is 76.2 cm³/mol. The zero-order valence-electron chi connectivity index (χ0n) is 11.7. The van der Waals surface area contributed by atoms with Gasteiger partial charge in [-0.1, -0.05) is 34.1 Å². The highest BCUT2D eigenvalue weighted by atomic mass is 32.2. The Morgan fingerprint density at radius 1 is 1.38 bits per heavy atom. The standard InChI is InChI=1S/C14H29NS/c1-6-11(2)7-12(3)15-13-8-14(4,5)10-16-9-13/h11-13,15H,6-10H2,1-5H3. The van der Waals surface area contributed by atoms with Gasteiger partial charge in [-0.25, -0.2) is 0 Å². The Hall–Kier alpha value is 0.310. The molecule has 1 aliphatic rings. The van der Waals surface area contributed by atoms with Gasteiger partial charge in [0.2, 0.25) is 0 Å². The second kappa shape index (κ2) is 6.30. The highest BCUT2D eigenvalue weighted by Crippen LogP contribution is 2.33. The molecule has 96 valence electrons. The maximum atomic E-state index is 3.82. The van der Waals surface area contributed by atoms with Crippen molar-refractivity contribution in [3.63, 3.8) is 0 Å². The fourth-order valence-electron chi connectivity index (χ4n) is 2.61. The normalized spacial score (nSPS) is 28.7. The Labute approximate surface area is 106 Å². The molecule has 1 N–H and O–H groups in total. The Morgan fingerprint density at radius 2 is 2.06 bits per heavy atom. The van der Waals surface area contributed by atoms with Crippen LogP contribution in [0.2, 0.25) is 0 Å². The summed E-state index contributed by atoms with van der Waals surface area (Å²) in [6.07, 6.45) is 3.96. The summed E-state index contributed by atoms with van der Waals surface area (Å²) in [5, 5.41) is 3.82. The molecule has 0 aliphatic carbocycles. The van der Waals surface area contributed by atoms with Crippen molar-refractivity contribution >= 4 is 11.8 Å². The lowest BCUT2D eigenvalue weighted by molar-refractivity contribution is 0.290. The molecule has 0 aromatic carbocycles. The summed E-state index contributed by atoms with van der Waals surface area (Å²) < 4.78 is 0. The van der Waals surface area contributed by atoms with Crippen molar-refractivity contribution in [2.24, 2.45) is 11.3 Å². The lowest BCUT2D eigenvalue weighted by atomic mass is 9.87. The lowest BCUT2D eigenvalue weighted by Gasteiger charge is -2.37. The van der Waals surface area contributed by atoms with Gasteiger partial charge < -0.3 is 5.32 Å². The number of rotatable bonds is 5. The van der Waals surface area contributed by atoms with Crippen molar-refractivity contribution in [1.29, 1.82) is 0 Å². The van der Waals surface area contributed by atoms with E-state index in [1.54, 1.807) is 0 Å². The van der Waals surface area contributed by atoms with Crippen LogP contribution in [0.1, 0.15) is 53.9 Å². The van der Waals surface area contributed by atoms with E-state index in [2.05, 4.69) is 51.7 Å². The highest BCUT2D eigenvalue weighted by molar-refractivity contribution is 7.99. The van der Waals surface area contributed by atoms with E-state index in [1.807, 2.05) is 0 Å². The molecule has 0 amide bonds. The maximum absolute atomic E-state index is 3.82. The van der Waals surface area contributed by atoms with E-state index in [0.29, 0.717) is 11.5 Å². The van der Waals surface area contributed by atoms with Crippen molar-refractivity contribution in [3.8, 4) is 0 Å².